The molecule has 1 aromatic carbocycles. The minimum absolute atomic E-state index is 0.376. The molecule has 1 heterocycles. The van der Waals surface area contributed by atoms with Crippen molar-refractivity contribution in [2.24, 2.45) is 0 Å². The summed E-state index contributed by atoms with van der Waals surface area (Å²) in [5.41, 5.74) is 4.85. The highest BCUT2D eigenvalue weighted by Gasteiger charge is 2.22. The Morgan fingerprint density at radius 1 is 1.19 bits per heavy atom. The molecule has 1 aliphatic carbocycles. The minimum Gasteiger partial charge on any atom is -0.452 e. The number of carbonyl (C=O) groups is 2. The third-order valence-electron chi connectivity index (χ3n) is 4.75. The summed E-state index contributed by atoms with van der Waals surface area (Å²) in [7, 11) is 0. The number of amides is 1. The van der Waals surface area contributed by atoms with Crippen LogP contribution < -0.4 is 5.32 Å². The lowest BCUT2D eigenvalue weighted by Crippen LogP contribution is -2.21. The summed E-state index contributed by atoms with van der Waals surface area (Å²) in [6.07, 6.45) is 4.01. The summed E-state index contributed by atoms with van der Waals surface area (Å²) in [6, 6.07) is 6.04. The Bertz CT molecular complexity index is 930. The van der Waals surface area contributed by atoms with Crippen molar-refractivity contribution in [1.82, 2.24) is 0 Å². The van der Waals surface area contributed by atoms with E-state index in [-0.39, 0.29) is 6.61 Å². The SMILES string of the molecule is Cc1cc(C)c(C(=O)OCC(=O)Nc2sc3c(c2C#N)CCCC3)c(C)c1. The van der Waals surface area contributed by atoms with E-state index in [1.807, 2.05) is 32.9 Å². The number of benzene rings is 1. The van der Waals surface area contributed by atoms with Crippen molar-refractivity contribution >= 4 is 28.2 Å². The fourth-order valence-corrected chi connectivity index (χ4v) is 4.90. The van der Waals surface area contributed by atoms with Crippen LogP contribution in [0.4, 0.5) is 5.00 Å². The molecule has 1 aromatic heterocycles. The van der Waals surface area contributed by atoms with Crippen LogP contribution >= 0.6 is 11.3 Å². The number of ether oxygens (including phenoxy) is 1. The molecule has 140 valence electrons. The molecular weight excluding hydrogens is 360 g/mol. The minimum atomic E-state index is -0.508. The first-order chi connectivity index (χ1) is 12.9. The van der Waals surface area contributed by atoms with E-state index in [0.717, 1.165) is 47.9 Å². The number of carbonyl (C=O) groups excluding carboxylic acids is 2. The van der Waals surface area contributed by atoms with E-state index in [0.29, 0.717) is 16.1 Å². The molecule has 1 aliphatic rings. The van der Waals surface area contributed by atoms with Crippen LogP contribution in [0.5, 0.6) is 0 Å². The van der Waals surface area contributed by atoms with Gasteiger partial charge in [0.1, 0.15) is 11.1 Å². The molecule has 0 bridgehead atoms. The normalized spacial score (nSPS) is 12.8. The summed E-state index contributed by atoms with van der Waals surface area (Å²) in [6.45, 7) is 5.30. The van der Waals surface area contributed by atoms with Gasteiger partial charge in [0.25, 0.3) is 5.91 Å². The number of nitrogens with zero attached hydrogens (tertiary/aromatic N) is 1. The first-order valence-electron chi connectivity index (χ1n) is 9.00. The summed E-state index contributed by atoms with van der Waals surface area (Å²) in [5.74, 6) is -0.938. The maximum atomic E-state index is 12.4. The van der Waals surface area contributed by atoms with Crippen LogP contribution in [0.3, 0.4) is 0 Å². The number of anilines is 1. The van der Waals surface area contributed by atoms with Gasteiger partial charge in [0.2, 0.25) is 0 Å². The molecule has 0 saturated heterocycles. The molecule has 1 amide bonds. The van der Waals surface area contributed by atoms with Gasteiger partial charge in [0, 0.05) is 4.88 Å². The molecule has 0 unspecified atom stereocenters. The Morgan fingerprint density at radius 2 is 1.85 bits per heavy atom. The standard InChI is InChI=1S/C21H22N2O3S/c1-12-8-13(2)19(14(3)9-12)21(25)26-11-18(24)23-20-16(10-22)15-6-4-5-7-17(15)27-20/h8-9H,4-7,11H2,1-3H3,(H,23,24). The average molecular weight is 382 g/mol. The first kappa shape index (κ1) is 19.1. The van der Waals surface area contributed by atoms with Crippen molar-refractivity contribution in [3.05, 3.63) is 50.4 Å². The van der Waals surface area contributed by atoms with Crippen LogP contribution in [-0.4, -0.2) is 18.5 Å². The Morgan fingerprint density at radius 3 is 2.52 bits per heavy atom. The van der Waals surface area contributed by atoms with Crippen molar-refractivity contribution in [1.29, 1.82) is 5.26 Å². The van der Waals surface area contributed by atoms with Gasteiger partial charge in [0.15, 0.2) is 6.61 Å². The summed E-state index contributed by atoms with van der Waals surface area (Å²) in [4.78, 5) is 25.8. The maximum absolute atomic E-state index is 12.4. The predicted octanol–water partition coefficient (Wildman–Crippen LogP) is 4.22. The maximum Gasteiger partial charge on any atom is 0.339 e. The Kier molecular flexibility index (Phi) is 5.62. The molecule has 5 nitrogen and oxygen atoms in total. The lowest BCUT2D eigenvalue weighted by molar-refractivity contribution is -0.119. The van der Waals surface area contributed by atoms with Crippen LogP contribution in [0.2, 0.25) is 0 Å². The zero-order chi connectivity index (χ0) is 19.6. The number of fused-ring (bicyclic) bond motifs is 1. The monoisotopic (exact) mass is 382 g/mol. The van der Waals surface area contributed by atoms with E-state index >= 15 is 0 Å². The second-order valence-corrected chi connectivity index (χ2v) is 8.03. The highest BCUT2D eigenvalue weighted by atomic mass is 32.1. The van der Waals surface area contributed by atoms with E-state index in [4.69, 9.17) is 4.74 Å². The lowest BCUT2D eigenvalue weighted by atomic mass is 9.96. The third kappa shape index (κ3) is 4.04. The zero-order valence-electron chi connectivity index (χ0n) is 15.8. The quantitative estimate of drug-likeness (QED) is 0.803. The van der Waals surface area contributed by atoms with Crippen molar-refractivity contribution in [3.63, 3.8) is 0 Å². The number of esters is 1. The summed E-state index contributed by atoms with van der Waals surface area (Å²) in [5, 5.41) is 12.8. The molecule has 1 N–H and O–H groups in total. The van der Waals surface area contributed by atoms with Gasteiger partial charge in [-0.25, -0.2) is 4.79 Å². The highest BCUT2D eigenvalue weighted by molar-refractivity contribution is 7.16. The van der Waals surface area contributed by atoms with Crippen LogP contribution in [-0.2, 0) is 22.4 Å². The van der Waals surface area contributed by atoms with Crippen molar-refractivity contribution in [2.75, 3.05) is 11.9 Å². The van der Waals surface area contributed by atoms with E-state index in [2.05, 4.69) is 11.4 Å². The molecule has 0 saturated carbocycles. The number of nitriles is 1. The first-order valence-corrected chi connectivity index (χ1v) is 9.81. The Balaban J connectivity index is 1.67. The van der Waals surface area contributed by atoms with Gasteiger partial charge in [-0.1, -0.05) is 17.7 Å². The van der Waals surface area contributed by atoms with Gasteiger partial charge < -0.3 is 10.1 Å². The number of hydrogen-bond donors (Lipinski definition) is 1. The molecule has 0 fully saturated rings. The topological polar surface area (TPSA) is 79.2 Å². The zero-order valence-corrected chi connectivity index (χ0v) is 16.6. The van der Waals surface area contributed by atoms with Gasteiger partial charge in [-0.05, 0) is 63.1 Å². The van der Waals surface area contributed by atoms with E-state index < -0.39 is 11.9 Å². The molecule has 0 spiro atoms. The Hall–Kier alpha value is -2.65. The smallest absolute Gasteiger partial charge is 0.339 e. The number of aryl methyl sites for hydroxylation is 4. The molecule has 0 radical (unpaired) electrons. The van der Waals surface area contributed by atoms with Crippen molar-refractivity contribution in [3.8, 4) is 6.07 Å². The highest BCUT2D eigenvalue weighted by Crippen LogP contribution is 2.37. The molecule has 2 aromatic rings. The van der Waals surface area contributed by atoms with Gasteiger partial charge >= 0.3 is 5.97 Å². The van der Waals surface area contributed by atoms with Gasteiger partial charge in [-0.15, -0.1) is 11.3 Å². The van der Waals surface area contributed by atoms with Crippen LogP contribution in [0.15, 0.2) is 12.1 Å². The second kappa shape index (κ2) is 7.93. The predicted molar refractivity (Wildman–Crippen MR) is 105 cm³/mol. The number of nitrogens with one attached hydrogen (secondary N) is 1. The van der Waals surface area contributed by atoms with Crippen LogP contribution in [0.25, 0.3) is 0 Å². The van der Waals surface area contributed by atoms with Gasteiger partial charge in [-0.2, -0.15) is 5.26 Å². The van der Waals surface area contributed by atoms with E-state index in [9.17, 15) is 14.9 Å². The number of thiophene rings is 1. The summed E-state index contributed by atoms with van der Waals surface area (Å²) < 4.78 is 5.21. The lowest BCUT2D eigenvalue weighted by Gasteiger charge is -2.11. The fraction of sp³-hybridized carbons (Fsp3) is 0.381. The summed E-state index contributed by atoms with van der Waals surface area (Å²) >= 11 is 1.46. The van der Waals surface area contributed by atoms with Crippen molar-refractivity contribution < 1.29 is 14.3 Å². The average Bonchev–Trinajstić information content (AvgIpc) is 2.95. The largest absolute Gasteiger partial charge is 0.452 e. The molecule has 27 heavy (non-hydrogen) atoms. The molecular formula is C21H22N2O3S. The van der Waals surface area contributed by atoms with Gasteiger partial charge in [0.05, 0.1) is 11.1 Å². The second-order valence-electron chi connectivity index (χ2n) is 6.92. The van der Waals surface area contributed by atoms with Gasteiger partial charge in [-0.3, -0.25) is 4.79 Å². The third-order valence-corrected chi connectivity index (χ3v) is 5.96. The van der Waals surface area contributed by atoms with E-state index in [1.54, 1.807) is 0 Å². The van der Waals surface area contributed by atoms with E-state index in [1.165, 1.54) is 16.2 Å². The van der Waals surface area contributed by atoms with Crippen molar-refractivity contribution in [2.45, 2.75) is 46.5 Å². The number of hydrogen-bond acceptors (Lipinski definition) is 5. The molecule has 3 rings (SSSR count). The molecule has 0 atom stereocenters. The fourth-order valence-electron chi connectivity index (χ4n) is 3.64. The molecule has 6 heteroatoms. The molecule has 0 aliphatic heterocycles. The van der Waals surface area contributed by atoms with Crippen LogP contribution in [0, 0.1) is 32.1 Å². The van der Waals surface area contributed by atoms with Crippen LogP contribution in [0.1, 0.15) is 55.9 Å². The Labute approximate surface area is 163 Å². The number of rotatable bonds is 4.